The molecule has 0 radical (unpaired) electrons. The fourth-order valence-electron chi connectivity index (χ4n) is 2.29. The van der Waals surface area contributed by atoms with E-state index in [2.05, 4.69) is 6.92 Å². The van der Waals surface area contributed by atoms with Crippen molar-refractivity contribution in [2.24, 2.45) is 0 Å². The first kappa shape index (κ1) is 20.0. The van der Waals surface area contributed by atoms with Crippen LogP contribution in [0.1, 0.15) is 52.4 Å². The van der Waals surface area contributed by atoms with Crippen molar-refractivity contribution in [2.75, 3.05) is 18.9 Å². The van der Waals surface area contributed by atoms with Crippen molar-refractivity contribution in [3.63, 3.8) is 0 Å². The van der Waals surface area contributed by atoms with E-state index in [1.807, 2.05) is 6.92 Å². The summed E-state index contributed by atoms with van der Waals surface area (Å²) in [6, 6.07) is 0. The van der Waals surface area contributed by atoms with Gasteiger partial charge in [0.1, 0.15) is 0 Å². The molecule has 0 aromatic heterocycles. The minimum atomic E-state index is -0.910. The molecule has 1 N–H and O–H groups in total. The minimum Gasteiger partial charge on any atom is -0.481 e. The summed E-state index contributed by atoms with van der Waals surface area (Å²) in [5, 5.41) is 8.29. The Hall–Kier alpha value is -1.08. The molecule has 2 atom stereocenters. The molecule has 6 nitrogen and oxygen atoms in total. The van der Waals surface area contributed by atoms with E-state index in [0.29, 0.717) is 6.42 Å². The highest BCUT2D eigenvalue weighted by molar-refractivity contribution is 8.00. The first-order chi connectivity index (χ1) is 11.0. The van der Waals surface area contributed by atoms with E-state index in [1.165, 1.54) is 16.7 Å². The number of hydrogen-bond acceptors (Lipinski definition) is 5. The van der Waals surface area contributed by atoms with Crippen molar-refractivity contribution >= 4 is 29.5 Å². The number of amides is 2. The van der Waals surface area contributed by atoms with Crippen LogP contribution in [0.25, 0.3) is 0 Å². The van der Waals surface area contributed by atoms with E-state index < -0.39 is 5.97 Å². The van der Waals surface area contributed by atoms with Crippen LogP contribution in [-0.4, -0.2) is 58.0 Å². The maximum absolute atomic E-state index is 12.2. The van der Waals surface area contributed by atoms with Crippen LogP contribution in [0.15, 0.2) is 0 Å². The van der Waals surface area contributed by atoms with E-state index in [1.54, 1.807) is 0 Å². The van der Waals surface area contributed by atoms with Gasteiger partial charge in [-0.05, 0) is 31.9 Å². The Bertz CT molecular complexity index is 415. The Kier molecular flexibility index (Phi) is 9.24. The second-order valence-corrected chi connectivity index (χ2v) is 7.08. The number of hydrogen-bond donors (Lipinski definition) is 1. The molecule has 0 bridgehead atoms. The van der Waals surface area contributed by atoms with E-state index in [0.717, 1.165) is 31.6 Å². The van der Waals surface area contributed by atoms with Crippen LogP contribution in [-0.2, 0) is 19.1 Å². The second kappa shape index (κ2) is 10.6. The summed E-state index contributed by atoms with van der Waals surface area (Å²) >= 11 is 1.50. The van der Waals surface area contributed by atoms with Gasteiger partial charge in [0.25, 0.3) is 0 Å². The summed E-state index contributed by atoms with van der Waals surface area (Å²) < 4.78 is 5.66. The molecule has 1 aliphatic heterocycles. The Balaban J connectivity index is 2.26. The maximum atomic E-state index is 12.2. The summed E-state index contributed by atoms with van der Waals surface area (Å²) in [6.45, 7) is 5.11. The molecule has 0 spiro atoms. The number of unbranched alkanes of at least 4 members (excludes halogenated alkanes) is 1. The van der Waals surface area contributed by atoms with Crippen molar-refractivity contribution < 1.29 is 24.2 Å². The third-order valence-electron chi connectivity index (χ3n) is 3.72. The highest BCUT2D eigenvalue weighted by Gasteiger charge is 2.38. The zero-order chi connectivity index (χ0) is 17.2. The number of aliphatic carboxylic acids is 1. The third-order valence-corrected chi connectivity index (χ3v) is 4.96. The van der Waals surface area contributed by atoms with Gasteiger partial charge in [-0.3, -0.25) is 19.3 Å². The number of nitrogens with zero attached hydrogens (tertiary/aromatic N) is 1. The van der Waals surface area contributed by atoms with Crippen molar-refractivity contribution in [3.8, 4) is 0 Å². The van der Waals surface area contributed by atoms with Gasteiger partial charge >= 0.3 is 5.97 Å². The molecule has 0 aliphatic carbocycles. The Morgan fingerprint density at radius 2 is 2.17 bits per heavy atom. The lowest BCUT2D eigenvalue weighted by molar-refractivity contribution is -0.141. The molecule has 2 unspecified atom stereocenters. The largest absolute Gasteiger partial charge is 0.481 e. The first-order valence-electron chi connectivity index (χ1n) is 8.24. The average Bonchev–Trinajstić information content (AvgIpc) is 2.75. The summed E-state index contributed by atoms with van der Waals surface area (Å²) in [5.74, 6) is -0.498. The lowest BCUT2D eigenvalue weighted by Gasteiger charge is -2.15. The van der Waals surface area contributed by atoms with Crippen molar-refractivity contribution in [2.45, 2.75) is 63.7 Å². The highest BCUT2D eigenvalue weighted by atomic mass is 32.2. The molecule has 7 heteroatoms. The van der Waals surface area contributed by atoms with Crippen LogP contribution in [0.3, 0.4) is 0 Å². The zero-order valence-electron chi connectivity index (χ0n) is 14.0. The molecule has 1 saturated heterocycles. The van der Waals surface area contributed by atoms with Crippen molar-refractivity contribution in [1.29, 1.82) is 0 Å². The molecule has 1 aliphatic rings. The number of rotatable bonds is 12. The number of carboxylic acids is 1. The second-order valence-electron chi connectivity index (χ2n) is 5.77. The SMILES string of the molecule is CCCCOC(C)CCSC1CC(=O)N(CCCC(=O)O)C1=O. The van der Waals surface area contributed by atoms with Gasteiger partial charge in [0, 0.05) is 26.0 Å². The molecule has 132 valence electrons. The Morgan fingerprint density at radius 1 is 1.43 bits per heavy atom. The topological polar surface area (TPSA) is 83.9 Å². The van der Waals surface area contributed by atoms with Crippen LogP contribution < -0.4 is 0 Å². The van der Waals surface area contributed by atoms with Crippen LogP contribution in [0, 0.1) is 0 Å². The van der Waals surface area contributed by atoms with E-state index in [9.17, 15) is 14.4 Å². The smallest absolute Gasteiger partial charge is 0.303 e. The molecule has 0 aromatic carbocycles. The highest BCUT2D eigenvalue weighted by Crippen LogP contribution is 2.26. The minimum absolute atomic E-state index is 0.0263. The van der Waals surface area contributed by atoms with Crippen LogP contribution >= 0.6 is 11.8 Å². The summed E-state index contributed by atoms with van der Waals surface area (Å²) in [6.07, 6.45) is 3.69. The number of thioether (sulfide) groups is 1. The van der Waals surface area contributed by atoms with E-state index >= 15 is 0 Å². The van der Waals surface area contributed by atoms with Gasteiger partial charge < -0.3 is 9.84 Å². The maximum Gasteiger partial charge on any atom is 0.303 e. The van der Waals surface area contributed by atoms with Gasteiger partial charge in [-0.25, -0.2) is 0 Å². The number of likely N-dealkylation sites (tertiary alicyclic amines) is 1. The fourth-order valence-corrected chi connectivity index (χ4v) is 3.58. The molecule has 0 aromatic rings. The van der Waals surface area contributed by atoms with Crippen LogP contribution in [0.4, 0.5) is 0 Å². The third kappa shape index (κ3) is 7.35. The summed E-state index contributed by atoms with van der Waals surface area (Å²) in [5.41, 5.74) is 0. The van der Waals surface area contributed by atoms with Gasteiger partial charge in [-0.15, -0.1) is 11.8 Å². The Labute approximate surface area is 141 Å². The normalized spacial score (nSPS) is 19.4. The number of carboxylic acid groups (broad SMARTS) is 1. The number of carbonyl (C=O) groups is 3. The standard InChI is InChI=1S/C16H27NO5S/c1-3-4-9-22-12(2)7-10-23-13-11-14(18)17(16(13)21)8-5-6-15(19)20/h12-13H,3-11H2,1-2H3,(H,19,20). The van der Waals surface area contributed by atoms with Gasteiger partial charge in [-0.2, -0.15) is 0 Å². The lowest BCUT2D eigenvalue weighted by atomic mass is 10.3. The van der Waals surface area contributed by atoms with E-state index in [4.69, 9.17) is 9.84 Å². The summed E-state index contributed by atoms with van der Waals surface area (Å²) in [4.78, 5) is 35.8. The molecule has 1 heterocycles. The van der Waals surface area contributed by atoms with Gasteiger partial charge in [0.05, 0.1) is 11.4 Å². The number of carbonyl (C=O) groups excluding carboxylic acids is 2. The fraction of sp³-hybridized carbons (Fsp3) is 0.812. The first-order valence-corrected chi connectivity index (χ1v) is 9.29. The molecule has 2 amide bonds. The monoisotopic (exact) mass is 345 g/mol. The molecular weight excluding hydrogens is 318 g/mol. The predicted octanol–water partition coefficient (Wildman–Crippen LogP) is 2.31. The van der Waals surface area contributed by atoms with E-state index in [-0.39, 0.29) is 42.6 Å². The Morgan fingerprint density at radius 3 is 2.83 bits per heavy atom. The molecule has 23 heavy (non-hydrogen) atoms. The number of imide groups is 1. The molecular formula is C16H27NO5S. The lowest BCUT2D eigenvalue weighted by Crippen LogP contribution is -2.32. The zero-order valence-corrected chi connectivity index (χ0v) is 14.8. The average molecular weight is 345 g/mol. The summed E-state index contributed by atoms with van der Waals surface area (Å²) in [7, 11) is 0. The van der Waals surface area contributed by atoms with Crippen LogP contribution in [0.2, 0.25) is 0 Å². The van der Waals surface area contributed by atoms with Gasteiger partial charge in [-0.1, -0.05) is 13.3 Å². The molecule has 1 rings (SSSR count). The molecule has 0 saturated carbocycles. The van der Waals surface area contributed by atoms with Gasteiger partial charge in [0.15, 0.2) is 0 Å². The molecule has 1 fully saturated rings. The predicted molar refractivity (Wildman–Crippen MR) is 89.4 cm³/mol. The van der Waals surface area contributed by atoms with Crippen molar-refractivity contribution in [1.82, 2.24) is 4.90 Å². The van der Waals surface area contributed by atoms with Crippen molar-refractivity contribution in [3.05, 3.63) is 0 Å². The number of ether oxygens (including phenoxy) is 1. The van der Waals surface area contributed by atoms with Crippen LogP contribution in [0.5, 0.6) is 0 Å². The van der Waals surface area contributed by atoms with Gasteiger partial charge in [0.2, 0.25) is 11.8 Å². The quantitative estimate of drug-likeness (QED) is 0.432.